The molecule has 1 rings (SSSR count). The summed E-state index contributed by atoms with van der Waals surface area (Å²) >= 11 is 0. The number of hydrogen-bond acceptors (Lipinski definition) is 3. The highest BCUT2D eigenvalue weighted by molar-refractivity contribution is 4.84. The zero-order chi connectivity index (χ0) is 8.65. The van der Waals surface area contributed by atoms with Crippen LogP contribution in [0, 0.1) is 5.41 Å². The Balaban J connectivity index is 2.54. The van der Waals surface area contributed by atoms with Crippen LogP contribution in [-0.4, -0.2) is 36.8 Å². The molecular formula is C8H19N3. The topological polar surface area (TPSA) is 18.5 Å². The van der Waals surface area contributed by atoms with E-state index in [4.69, 9.17) is 0 Å². The van der Waals surface area contributed by atoms with Crippen molar-refractivity contribution in [1.29, 1.82) is 0 Å². The van der Waals surface area contributed by atoms with E-state index < -0.39 is 0 Å². The van der Waals surface area contributed by atoms with Gasteiger partial charge in [0.25, 0.3) is 0 Å². The van der Waals surface area contributed by atoms with Crippen LogP contribution >= 0.6 is 0 Å². The molecule has 0 saturated carbocycles. The number of hydrogen-bond donors (Lipinski definition) is 1. The lowest BCUT2D eigenvalue weighted by Gasteiger charge is -2.25. The predicted octanol–water partition coefficient (Wildman–Crippen LogP) is 0.698. The maximum Gasteiger partial charge on any atom is 0.0418 e. The van der Waals surface area contributed by atoms with Crippen molar-refractivity contribution in [2.45, 2.75) is 26.8 Å². The lowest BCUT2D eigenvalue weighted by atomic mass is 9.87. The summed E-state index contributed by atoms with van der Waals surface area (Å²) in [4.78, 5) is 0. The van der Waals surface area contributed by atoms with Crippen molar-refractivity contribution >= 4 is 0 Å². The predicted molar refractivity (Wildman–Crippen MR) is 46.8 cm³/mol. The first-order valence-corrected chi connectivity index (χ1v) is 4.12. The Kier molecular flexibility index (Phi) is 2.23. The van der Waals surface area contributed by atoms with Gasteiger partial charge in [0.1, 0.15) is 0 Å². The molecule has 1 saturated heterocycles. The maximum absolute atomic E-state index is 3.40. The lowest BCUT2D eigenvalue weighted by molar-refractivity contribution is 0.0421. The minimum absolute atomic E-state index is 0.346. The third kappa shape index (κ3) is 1.92. The van der Waals surface area contributed by atoms with Gasteiger partial charge in [0.05, 0.1) is 0 Å². The van der Waals surface area contributed by atoms with Gasteiger partial charge in [-0.2, -0.15) is 5.12 Å². The van der Waals surface area contributed by atoms with E-state index in [2.05, 4.69) is 43.4 Å². The number of nitrogens with one attached hydrogen (secondary N) is 1. The zero-order valence-electron chi connectivity index (χ0n) is 8.18. The SMILES string of the molecule is CN1CC(C(C)(C)C)NN1C. The van der Waals surface area contributed by atoms with Crippen molar-refractivity contribution in [3.05, 3.63) is 0 Å². The Morgan fingerprint density at radius 2 is 1.82 bits per heavy atom. The minimum Gasteiger partial charge on any atom is -0.237 e. The fourth-order valence-electron chi connectivity index (χ4n) is 1.22. The molecule has 0 spiro atoms. The molecule has 0 aliphatic carbocycles. The molecule has 0 bridgehead atoms. The molecule has 3 heteroatoms. The van der Waals surface area contributed by atoms with E-state index in [1.165, 1.54) is 0 Å². The average Bonchev–Trinajstić information content (AvgIpc) is 2.11. The van der Waals surface area contributed by atoms with Crippen LogP contribution in [-0.2, 0) is 0 Å². The molecule has 11 heavy (non-hydrogen) atoms. The summed E-state index contributed by atoms with van der Waals surface area (Å²) in [6.07, 6.45) is 0. The maximum atomic E-state index is 3.40. The van der Waals surface area contributed by atoms with Crippen molar-refractivity contribution in [2.75, 3.05) is 20.6 Å². The summed E-state index contributed by atoms with van der Waals surface area (Å²) in [6, 6.07) is 0.567. The highest BCUT2D eigenvalue weighted by Gasteiger charge is 2.32. The van der Waals surface area contributed by atoms with Crippen LogP contribution in [0.4, 0.5) is 0 Å². The molecule has 0 aromatic carbocycles. The van der Waals surface area contributed by atoms with Gasteiger partial charge < -0.3 is 0 Å². The number of likely N-dealkylation sites (N-methyl/N-ethyl adjacent to an activating group) is 1. The van der Waals surface area contributed by atoms with Crippen LogP contribution in [0.1, 0.15) is 20.8 Å². The molecule has 0 aromatic rings. The second-order valence-electron chi connectivity index (χ2n) is 4.41. The Morgan fingerprint density at radius 1 is 1.27 bits per heavy atom. The first kappa shape index (κ1) is 8.97. The smallest absolute Gasteiger partial charge is 0.0418 e. The number of nitrogens with zero attached hydrogens (tertiary/aromatic N) is 2. The second-order valence-corrected chi connectivity index (χ2v) is 4.41. The van der Waals surface area contributed by atoms with E-state index in [1.54, 1.807) is 0 Å². The molecule has 3 nitrogen and oxygen atoms in total. The molecule has 66 valence electrons. The first-order chi connectivity index (χ1) is 4.91. The van der Waals surface area contributed by atoms with Crippen molar-refractivity contribution in [3.63, 3.8) is 0 Å². The van der Waals surface area contributed by atoms with Gasteiger partial charge >= 0.3 is 0 Å². The van der Waals surface area contributed by atoms with Gasteiger partial charge in [-0.3, -0.25) is 0 Å². The van der Waals surface area contributed by atoms with Crippen LogP contribution in [0.3, 0.4) is 0 Å². The highest BCUT2D eigenvalue weighted by Crippen LogP contribution is 2.23. The molecule has 1 N–H and O–H groups in total. The van der Waals surface area contributed by atoms with E-state index in [0.717, 1.165) is 6.54 Å². The molecule has 1 aliphatic rings. The summed E-state index contributed by atoms with van der Waals surface area (Å²) in [5, 5.41) is 4.24. The third-order valence-electron chi connectivity index (χ3n) is 2.35. The number of rotatable bonds is 0. The number of hydrazine groups is 2. The minimum atomic E-state index is 0.346. The molecule has 1 aliphatic heterocycles. The normalized spacial score (nSPS) is 29.7. The van der Waals surface area contributed by atoms with Gasteiger partial charge in [-0.05, 0) is 5.41 Å². The van der Waals surface area contributed by atoms with Crippen molar-refractivity contribution in [2.24, 2.45) is 5.41 Å². The summed E-state index contributed by atoms with van der Waals surface area (Å²) in [7, 11) is 4.14. The fourth-order valence-corrected chi connectivity index (χ4v) is 1.22. The van der Waals surface area contributed by atoms with E-state index in [0.29, 0.717) is 11.5 Å². The summed E-state index contributed by atoms with van der Waals surface area (Å²) in [5.74, 6) is 0. The Labute approximate surface area is 69.3 Å². The summed E-state index contributed by atoms with van der Waals surface area (Å²) in [5.41, 5.74) is 3.75. The van der Waals surface area contributed by atoms with Crippen LogP contribution in [0.5, 0.6) is 0 Å². The molecular weight excluding hydrogens is 138 g/mol. The second kappa shape index (κ2) is 2.73. The van der Waals surface area contributed by atoms with E-state index in [1.807, 2.05) is 7.05 Å². The Hall–Kier alpha value is -0.120. The molecule has 1 unspecified atom stereocenters. The monoisotopic (exact) mass is 157 g/mol. The van der Waals surface area contributed by atoms with Gasteiger partial charge in [0.2, 0.25) is 0 Å². The lowest BCUT2D eigenvalue weighted by Crippen LogP contribution is -2.41. The van der Waals surface area contributed by atoms with Gasteiger partial charge in [-0.25, -0.2) is 10.4 Å². The van der Waals surface area contributed by atoms with E-state index in [-0.39, 0.29) is 0 Å². The van der Waals surface area contributed by atoms with Gasteiger partial charge in [-0.1, -0.05) is 20.8 Å². The van der Waals surface area contributed by atoms with Crippen LogP contribution < -0.4 is 5.43 Å². The average molecular weight is 157 g/mol. The molecule has 0 amide bonds. The van der Waals surface area contributed by atoms with E-state index in [9.17, 15) is 0 Å². The van der Waals surface area contributed by atoms with Crippen LogP contribution in [0.15, 0.2) is 0 Å². The van der Waals surface area contributed by atoms with Crippen LogP contribution in [0.2, 0.25) is 0 Å². The quantitative estimate of drug-likeness (QED) is 0.558. The summed E-state index contributed by atoms with van der Waals surface area (Å²) in [6.45, 7) is 7.88. The van der Waals surface area contributed by atoms with E-state index >= 15 is 0 Å². The van der Waals surface area contributed by atoms with Gasteiger partial charge in [0, 0.05) is 26.7 Å². The van der Waals surface area contributed by atoms with Crippen molar-refractivity contribution in [1.82, 2.24) is 15.6 Å². The van der Waals surface area contributed by atoms with Gasteiger partial charge in [0.15, 0.2) is 0 Å². The Morgan fingerprint density at radius 3 is 2.00 bits per heavy atom. The van der Waals surface area contributed by atoms with Crippen molar-refractivity contribution in [3.8, 4) is 0 Å². The largest absolute Gasteiger partial charge is 0.237 e. The zero-order valence-corrected chi connectivity index (χ0v) is 8.18. The molecule has 1 heterocycles. The van der Waals surface area contributed by atoms with Crippen LogP contribution in [0.25, 0.3) is 0 Å². The highest BCUT2D eigenvalue weighted by atomic mass is 15.8. The standard InChI is InChI=1S/C8H19N3/c1-8(2,3)7-6-10(4)11(5)9-7/h7,9H,6H2,1-5H3. The molecule has 0 radical (unpaired) electrons. The first-order valence-electron chi connectivity index (χ1n) is 4.12. The third-order valence-corrected chi connectivity index (χ3v) is 2.35. The van der Waals surface area contributed by atoms with Crippen molar-refractivity contribution < 1.29 is 0 Å². The fraction of sp³-hybridized carbons (Fsp3) is 1.00. The molecule has 0 aromatic heterocycles. The van der Waals surface area contributed by atoms with Gasteiger partial charge in [-0.15, -0.1) is 0 Å². The summed E-state index contributed by atoms with van der Waals surface area (Å²) < 4.78 is 0. The Bertz CT molecular complexity index is 129. The molecule has 1 fully saturated rings. The molecule has 1 atom stereocenters.